The van der Waals surface area contributed by atoms with Crippen LogP contribution >= 0.6 is 23.4 Å². The van der Waals surface area contributed by atoms with E-state index in [0.717, 1.165) is 4.90 Å². The predicted octanol–water partition coefficient (Wildman–Crippen LogP) is 2.31. The van der Waals surface area contributed by atoms with Crippen LogP contribution in [0.3, 0.4) is 0 Å². The fourth-order valence-electron chi connectivity index (χ4n) is 1.03. The van der Waals surface area contributed by atoms with Crippen molar-refractivity contribution in [3.8, 4) is 0 Å². The van der Waals surface area contributed by atoms with Crippen molar-refractivity contribution in [1.29, 1.82) is 0 Å². The molecule has 15 heavy (non-hydrogen) atoms. The van der Waals surface area contributed by atoms with E-state index < -0.39 is 5.76 Å². The van der Waals surface area contributed by atoms with E-state index in [1.807, 2.05) is 24.3 Å². The van der Waals surface area contributed by atoms with Gasteiger partial charge in [-0.2, -0.15) is 0 Å². The summed E-state index contributed by atoms with van der Waals surface area (Å²) in [5.41, 5.74) is 0. The molecule has 0 aliphatic carbocycles. The van der Waals surface area contributed by atoms with Gasteiger partial charge < -0.3 is 0 Å². The second-order valence-electron chi connectivity index (χ2n) is 2.76. The minimum absolute atomic E-state index is 0.505. The molecule has 0 spiro atoms. The lowest BCUT2D eigenvalue weighted by molar-refractivity contribution is 0.383. The van der Waals surface area contributed by atoms with Gasteiger partial charge in [0.1, 0.15) is 0 Å². The highest BCUT2D eigenvalue weighted by atomic mass is 35.5. The number of hydrogen-bond acceptors (Lipinski definition) is 4. The Bertz CT molecular complexity index is 509. The van der Waals surface area contributed by atoms with E-state index >= 15 is 0 Å². The Morgan fingerprint density at radius 1 is 1.47 bits per heavy atom. The van der Waals surface area contributed by atoms with E-state index in [4.69, 9.17) is 11.6 Å². The minimum Gasteiger partial charge on any atom is -0.296 e. The smallest absolute Gasteiger partial charge is 0.296 e. The summed E-state index contributed by atoms with van der Waals surface area (Å²) in [5.74, 6) is 0.491. The number of benzene rings is 1. The van der Waals surface area contributed by atoms with Gasteiger partial charge in [0.15, 0.2) is 5.82 Å². The number of rotatable bonds is 3. The summed E-state index contributed by atoms with van der Waals surface area (Å²) in [4.78, 5) is 14.1. The number of aromatic amines is 1. The van der Waals surface area contributed by atoms with E-state index in [2.05, 4.69) is 14.7 Å². The van der Waals surface area contributed by atoms with Crippen LogP contribution in [0.1, 0.15) is 5.82 Å². The monoisotopic (exact) mass is 242 g/mol. The van der Waals surface area contributed by atoms with Crippen molar-refractivity contribution < 1.29 is 4.52 Å². The van der Waals surface area contributed by atoms with Gasteiger partial charge in [-0.15, -0.1) is 11.8 Å². The molecule has 0 amide bonds. The molecule has 0 unspecified atom stereocenters. The van der Waals surface area contributed by atoms with Gasteiger partial charge in [0.25, 0.3) is 0 Å². The molecule has 78 valence electrons. The van der Waals surface area contributed by atoms with Crippen molar-refractivity contribution >= 4 is 23.4 Å². The molecular weight excluding hydrogens is 236 g/mol. The third kappa shape index (κ3) is 2.64. The van der Waals surface area contributed by atoms with E-state index in [-0.39, 0.29) is 0 Å². The molecule has 0 fully saturated rings. The van der Waals surface area contributed by atoms with Crippen LogP contribution in [0.4, 0.5) is 0 Å². The van der Waals surface area contributed by atoms with Crippen molar-refractivity contribution in [3.63, 3.8) is 0 Å². The van der Waals surface area contributed by atoms with Crippen LogP contribution in [0.2, 0.25) is 5.02 Å². The average Bonchev–Trinajstić information content (AvgIpc) is 2.63. The maximum absolute atomic E-state index is 10.6. The first-order valence-corrected chi connectivity index (χ1v) is 5.54. The number of nitrogens with zero attached hydrogens (tertiary/aromatic N) is 1. The van der Waals surface area contributed by atoms with Gasteiger partial charge in [0.2, 0.25) is 0 Å². The van der Waals surface area contributed by atoms with Gasteiger partial charge in [-0.05, 0) is 12.1 Å². The number of thioether (sulfide) groups is 1. The first kappa shape index (κ1) is 10.3. The molecule has 0 saturated carbocycles. The maximum atomic E-state index is 10.6. The molecule has 0 bridgehead atoms. The van der Waals surface area contributed by atoms with Crippen molar-refractivity contribution in [1.82, 2.24) is 10.1 Å². The molecule has 0 saturated heterocycles. The lowest BCUT2D eigenvalue weighted by atomic mass is 10.4. The maximum Gasteiger partial charge on any atom is 0.438 e. The molecule has 0 atom stereocenters. The summed E-state index contributed by atoms with van der Waals surface area (Å²) in [6.07, 6.45) is 0. The topological polar surface area (TPSA) is 58.9 Å². The number of aromatic nitrogens is 2. The second kappa shape index (κ2) is 4.55. The van der Waals surface area contributed by atoms with Crippen LogP contribution in [-0.4, -0.2) is 10.1 Å². The lowest BCUT2D eigenvalue weighted by Crippen LogP contribution is -1.96. The molecule has 4 nitrogen and oxygen atoms in total. The largest absolute Gasteiger partial charge is 0.438 e. The van der Waals surface area contributed by atoms with E-state index in [1.165, 1.54) is 11.8 Å². The number of hydrogen-bond donors (Lipinski definition) is 1. The Hall–Kier alpha value is -1.20. The Morgan fingerprint density at radius 3 is 2.93 bits per heavy atom. The Balaban J connectivity index is 2.05. The summed E-state index contributed by atoms with van der Waals surface area (Å²) < 4.78 is 4.38. The Labute approximate surface area is 94.6 Å². The zero-order chi connectivity index (χ0) is 10.7. The molecule has 0 aliphatic rings. The van der Waals surface area contributed by atoms with Gasteiger partial charge in [-0.3, -0.25) is 9.51 Å². The van der Waals surface area contributed by atoms with Crippen molar-refractivity contribution in [2.45, 2.75) is 10.6 Å². The van der Waals surface area contributed by atoms with Crippen molar-refractivity contribution in [2.24, 2.45) is 0 Å². The van der Waals surface area contributed by atoms with Crippen LogP contribution in [0.15, 0.2) is 38.5 Å². The lowest BCUT2D eigenvalue weighted by Gasteiger charge is -2.00. The zero-order valence-corrected chi connectivity index (χ0v) is 9.14. The molecule has 2 aromatic rings. The molecule has 1 aromatic heterocycles. The molecule has 1 aromatic carbocycles. The van der Waals surface area contributed by atoms with Crippen LogP contribution in [0.25, 0.3) is 0 Å². The molecule has 0 aliphatic heterocycles. The van der Waals surface area contributed by atoms with Gasteiger partial charge >= 0.3 is 5.76 Å². The summed E-state index contributed by atoms with van der Waals surface area (Å²) >= 11 is 7.45. The van der Waals surface area contributed by atoms with Gasteiger partial charge in [-0.25, -0.2) is 4.79 Å². The number of nitrogens with one attached hydrogen (secondary N) is 1. The van der Waals surface area contributed by atoms with Crippen molar-refractivity contribution in [3.05, 3.63) is 45.7 Å². The molecule has 2 rings (SSSR count). The molecule has 6 heteroatoms. The first-order chi connectivity index (χ1) is 7.25. The fraction of sp³-hybridized carbons (Fsp3) is 0.111. The summed E-state index contributed by atoms with van der Waals surface area (Å²) in [7, 11) is 0. The molecular formula is C9H7ClN2O2S. The number of H-pyrrole nitrogens is 1. The molecule has 1 heterocycles. The van der Waals surface area contributed by atoms with Crippen LogP contribution in [0.5, 0.6) is 0 Å². The average molecular weight is 243 g/mol. The van der Waals surface area contributed by atoms with Gasteiger partial charge in [0, 0.05) is 4.90 Å². The van der Waals surface area contributed by atoms with Gasteiger partial charge in [0.05, 0.1) is 10.8 Å². The SMILES string of the molecule is O=c1[nH]c(CSc2ccccc2Cl)no1. The fourth-order valence-corrected chi connectivity index (χ4v) is 2.13. The zero-order valence-electron chi connectivity index (χ0n) is 7.57. The molecule has 1 N–H and O–H groups in total. The van der Waals surface area contributed by atoms with Crippen LogP contribution in [0, 0.1) is 0 Å². The van der Waals surface area contributed by atoms with E-state index in [0.29, 0.717) is 16.6 Å². The number of halogens is 1. The van der Waals surface area contributed by atoms with Crippen LogP contribution in [-0.2, 0) is 5.75 Å². The molecule has 0 radical (unpaired) electrons. The van der Waals surface area contributed by atoms with E-state index in [1.54, 1.807) is 0 Å². The second-order valence-corrected chi connectivity index (χ2v) is 4.19. The highest BCUT2D eigenvalue weighted by molar-refractivity contribution is 7.98. The van der Waals surface area contributed by atoms with Crippen LogP contribution < -0.4 is 5.76 Å². The third-order valence-electron chi connectivity index (χ3n) is 1.69. The predicted molar refractivity (Wildman–Crippen MR) is 58.1 cm³/mol. The van der Waals surface area contributed by atoms with Gasteiger partial charge in [-0.1, -0.05) is 28.9 Å². The normalized spacial score (nSPS) is 10.5. The standard InChI is InChI=1S/C9H7ClN2O2S/c10-6-3-1-2-4-7(6)15-5-8-11-9(13)14-12-8/h1-4H,5H2,(H,11,12,13). The minimum atomic E-state index is -0.537. The summed E-state index contributed by atoms with van der Waals surface area (Å²) in [6, 6.07) is 7.49. The first-order valence-electron chi connectivity index (χ1n) is 4.18. The highest BCUT2D eigenvalue weighted by Gasteiger charge is 2.03. The quantitative estimate of drug-likeness (QED) is 0.839. The van der Waals surface area contributed by atoms with Crippen molar-refractivity contribution in [2.75, 3.05) is 0 Å². The highest BCUT2D eigenvalue weighted by Crippen LogP contribution is 2.28. The summed E-state index contributed by atoms with van der Waals surface area (Å²) in [5, 5.41) is 4.24. The Morgan fingerprint density at radius 2 is 2.27 bits per heavy atom. The third-order valence-corrected chi connectivity index (χ3v) is 3.21. The Kier molecular flexibility index (Phi) is 3.13. The summed E-state index contributed by atoms with van der Waals surface area (Å²) in [6.45, 7) is 0. The van der Waals surface area contributed by atoms with E-state index in [9.17, 15) is 4.79 Å².